The highest BCUT2D eigenvalue weighted by Gasteiger charge is 2.49. The molecule has 0 aliphatic carbocycles. The van der Waals surface area contributed by atoms with Crippen LogP contribution in [0.25, 0.3) is 0 Å². The molecule has 1 aliphatic rings. The van der Waals surface area contributed by atoms with Crippen molar-refractivity contribution < 1.29 is 43.5 Å². The van der Waals surface area contributed by atoms with Crippen LogP contribution in [-0.4, -0.2) is 65.4 Å². The van der Waals surface area contributed by atoms with Gasteiger partial charge < -0.3 is 29.2 Å². The van der Waals surface area contributed by atoms with Crippen LogP contribution in [-0.2, 0) is 33.3 Å². The fourth-order valence-electron chi connectivity index (χ4n) is 1.89. The minimum atomic E-state index is -1.64. The maximum absolute atomic E-state index is 11.1. The number of hydrogen-bond acceptors (Lipinski definition) is 9. The fraction of sp³-hybridized carbons (Fsp3) is 0.750. The second-order valence-electron chi connectivity index (χ2n) is 4.51. The van der Waals surface area contributed by atoms with Gasteiger partial charge in [0.2, 0.25) is 0 Å². The monoisotopic (exact) mass is 306 g/mol. The first-order valence-electron chi connectivity index (χ1n) is 6.21. The maximum Gasteiger partial charge on any atom is 0.303 e. The van der Waals surface area contributed by atoms with Gasteiger partial charge in [-0.3, -0.25) is 14.4 Å². The van der Waals surface area contributed by atoms with E-state index < -0.39 is 48.6 Å². The Morgan fingerprint density at radius 3 is 1.95 bits per heavy atom. The van der Waals surface area contributed by atoms with E-state index >= 15 is 0 Å². The van der Waals surface area contributed by atoms with Gasteiger partial charge in [-0.1, -0.05) is 0 Å². The second kappa shape index (κ2) is 7.34. The Morgan fingerprint density at radius 2 is 1.48 bits per heavy atom. The van der Waals surface area contributed by atoms with Crippen molar-refractivity contribution in [3.8, 4) is 0 Å². The molecule has 9 nitrogen and oxygen atoms in total. The summed E-state index contributed by atoms with van der Waals surface area (Å²) < 4.78 is 19.4. The van der Waals surface area contributed by atoms with Crippen molar-refractivity contribution in [2.24, 2.45) is 0 Å². The average molecular weight is 306 g/mol. The Kier molecular flexibility index (Phi) is 6.06. The third-order valence-electron chi connectivity index (χ3n) is 2.69. The number of aliphatic hydroxyl groups excluding tert-OH is 2. The summed E-state index contributed by atoms with van der Waals surface area (Å²) in [4.78, 5) is 32.9. The zero-order valence-electron chi connectivity index (χ0n) is 11.8. The van der Waals surface area contributed by atoms with Crippen LogP contribution in [0.15, 0.2) is 0 Å². The molecular weight excluding hydrogens is 288 g/mol. The van der Waals surface area contributed by atoms with Crippen LogP contribution in [0.4, 0.5) is 0 Å². The second-order valence-corrected chi connectivity index (χ2v) is 4.51. The Balaban J connectivity index is 2.87. The van der Waals surface area contributed by atoms with E-state index in [1.165, 1.54) is 0 Å². The summed E-state index contributed by atoms with van der Waals surface area (Å²) in [6.07, 6.45) is -6.92. The van der Waals surface area contributed by atoms with E-state index in [2.05, 4.69) is 4.74 Å². The van der Waals surface area contributed by atoms with Gasteiger partial charge in [-0.2, -0.15) is 0 Å². The van der Waals surface area contributed by atoms with Crippen LogP contribution in [0.3, 0.4) is 0 Å². The molecule has 120 valence electrons. The highest BCUT2D eigenvalue weighted by atomic mass is 16.7. The molecule has 0 bridgehead atoms. The summed E-state index contributed by atoms with van der Waals surface area (Å²) >= 11 is 0. The lowest BCUT2D eigenvalue weighted by Gasteiger charge is -2.41. The molecule has 1 saturated heterocycles. The van der Waals surface area contributed by atoms with Crippen molar-refractivity contribution in [3.05, 3.63) is 0 Å². The van der Waals surface area contributed by atoms with E-state index in [-0.39, 0.29) is 6.61 Å². The summed E-state index contributed by atoms with van der Waals surface area (Å²) in [6.45, 7) is 3.00. The first-order chi connectivity index (χ1) is 9.72. The number of aliphatic hydroxyl groups is 2. The quantitative estimate of drug-likeness (QED) is 0.470. The SMILES string of the molecule is CC(=O)OC[C@H]1O[C@@H](O)[C@@H](OC(C)=O)[C@@H](OC(C)=O)[C@@H]1O. The van der Waals surface area contributed by atoms with Gasteiger partial charge in [0.05, 0.1) is 0 Å². The lowest BCUT2D eigenvalue weighted by Crippen LogP contribution is -2.61. The molecule has 1 heterocycles. The van der Waals surface area contributed by atoms with Crippen molar-refractivity contribution in [2.45, 2.75) is 51.5 Å². The molecule has 0 amide bonds. The van der Waals surface area contributed by atoms with Gasteiger partial charge >= 0.3 is 17.9 Å². The van der Waals surface area contributed by atoms with Crippen molar-refractivity contribution in [2.75, 3.05) is 6.61 Å². The molecule has 0 saturated carbocycles. The largest absolute Gasteiger partial charge is 0.463 e. The molecule has 9 heteroatoms. The van der Waals surface area contributed by atoms with Gasteiger partial charge in [0.25, 0.3) is 0 Å². The summed E-state index contributed by atoms with van der Waals surface area (Å²) in [7, 11) is 0. The normalized spacial score (nSPS) is 32.1. The lowest BCUT2D eigenvalue weighted by atomic mass is 9.98. The molecule has 0 aromatic carbocycles. The van der Waals surface area contributed by atoms with Crippen LogP contribution < -0.4 is 0 Å². The molecule has 0 spiro atoms. The molecule has 0 unspecified atom stereocenters. The van der Waals surface area contributed by atoms with Crippen LogP contribution in [0.2, 0.25) is 0 Å². The number of esters is 3. The molecule has 1 rings (SSSR count). The number of carbonyl (C=O) groups is 3. The Bertz CT molecular complexity index is 408. The number of hydrogen-bond donors (Lipinski definition) is 2. The summed E-state index contributed by atoms with van der Waals surface area (Å²) in [5.74, 6) is -2.09. The summed E-state index contributed by atoms with van der Waals surface area (Å²) in [6, 6.07) is 0. The van der Waals surface area contributed by atoms with E-state index in [0.29, 0.717) is 0 Å². The van der Waals surface area contributed by atoms with Crippen molar-refractivity contribution in [3.63, 3.8) is 0 Å². The van der Waals surface area contributed by atoms with Crippen LogP contribution in [0.5, 0.6) is 0 Å². The molecule has 0 radical (unpaired) electrons. The Hall–Kier alpha value is -1.71. The van der Waals surface area contributed by atoms with Crippen LogP contribution in [0.1, 0.15) is 20.8 Å². The molecule has 1 fully saturated rings. The fourth-order valence-corrected chi connectivity index (χ4v) is 1.89. The average Bonchev–Trinajstić information content (AvgIpc) is 2.35. The van der Waals surface area contributed by atoms with Crippen LogP contribution in [0, 0.1) is 0 Å². The lowest BCUT2D eigenvalue weighted by molar-refractivity contribution is -0.293. The highest BCUT2D eigenvalue weighted by molar-refractivity contribution is 5.67. The van der Waals surface area contributed by atoms with E-state index in [4.69, 9.17) is 14.2 Å². The third kappa shape index (κ3) is 4.96. The standard InChI is InChI=1S/C12H18O9/c1-5(13)18-4-8-9(16)10(19-6(2)14)11(12(17)21-8)20-7(3)15/h8-12,16-17H,4H2,1-3H3/t8-,9-,10+,11+,12-/m1/s1. The molecule has 2 N–H and O–H groups in total. The predicted molar refractivity (Wildman–Crippen MR) is 64.6 cm³/mol. The van der Waals surface area contributed by atoms with E-state index in [9.17, 15) is 24.6 Å². The molecular formula is C12H18O9. The summed E-state index contributed by atoms with van der Waals surface area (Å²) in [5, 5.41) is 19.9. The zero-order valence-corrected chi connectivity index (χ0v) is 11.8. The topological polar surface area (TPSA) is 129 Å². The minimum Gasteiger partial charge on any atom is -0.463 e. The molecule has 21 heavy (non-hydrogen) atoms. The minimum absolute atomic E-state index is 0.349. The van der Waals surface area contributed by atoms with Gasteiger partial charge in [0.1, 0.15) is 18.8 Å². The van der Waals surface area contributed by atoms with E-state index in [0.717, 1.165) is 20.8 Å². The Morgan fingerprint density at radius 1 is 0.952 bits per heavy atom. The van der Waals surface area contributed by atoms with Crippen LogP contribution >= 0.6 is 0 Å². The molecule has 1 aliphatic heterocycles. The maximum atomic E-state index is 11.1. The number of carbonyl (C=O) groups excluding carboxylic acids is 3. The Labute approximate surface area is 120 Å². The van der Waals surface area contributed by atoms with Gasteiger partial charge in [-0.15, -0.1) is 0 Å². The molecule has 0 aromatic rings. The number of rotatable bonds is 4. The zero-order chi connectivity index (χ0) is 16.2. The van der Waals surface area contributed by atoms with E-state index in [1.54, 1.807) is 0 Å². The predicted octanol–water partition coefficient (Wildman–Crippen LogP) is -1.51. The van der Waals surface area contributed by atoms with Crippen molar-refractivity contribution in [1.29, 1.82) is 0 Å². The van der Waals surface area contributed by atoms with Gasteiger partial charge in [-0.05, 0) is 0 Å². The highest BCUT2D eigenvalue weighted by Crippen LogP contribution is 2.25. The van der Waals surface area contributed by atoms with Gasteiger partial charge in [0.15, 0.2) is 18.5 Å². The van der Waals surface area contributed by atoms with Gasteiger partial charge in [-0.25, -0.2) is 0 Å². The number of ether oxygens (including phenoxy) is 4. The first-order valence-corrected chi connectivity index (χ1v) is 6.21. The van der Waals surface area contributed by atoms with Crippen molar-refractivity contribution in [1.82, 2.24) is 0 Å². The molecule has 0 aromatic heterocycles. The van der Waals surface area contributed by atoms with E-state index in [1.807, 2.05) is 0 Å². The molecule has 5 atom stereocenters. The summed E-state index contributed by atoms with van der Waals surface area (Å²) in [5.41, 5.74) is 0. The third-order valence-corrected chi connectivity index (χ3v) is 2.69. The van der Waals surface area contributed by atoms with Crippen molar-refractivity contribution >= 4 is 17.9 Å². The smallest absolute Gasteiger partial charge is 0.303 e. The first kappa shape index (κ1) is 17.3. The van der Waals surface area contributed by atoms with Gasteiger partial charge in [0, 0.05) is 20.8 Å².